The molecule has 0 aliphatic heterocycles. The predicted octanol–water partition coefficient (Wildman–Crippen LogP) is 13.2. The molecule has 0 radical (unpaired) electrons. The third-order valence-electron chi connectivity index (χ3n) is 9.07. The largest absolute Gasteiger partial charge is 0.309 e. The molecule has 0 aliphatic carbocycles. The highest BCUT2D eigenvalue weighted by Crippen LogP contribution is 2.45. The van der Waals surface area contributed by atoms with Gasteiger partial charge in [-0.3, -0.25) is 0 Å². The molecule has 0 atom stereocenters. The van der Waals surface area contributed by atoms with Crippen molar-refractivity contribution in [1.29, 1.82) is 0 Å². The minimum absolute atomic E-state index is 1.13. The Hall–Kier alpha value is -5.70. The van der Waals surface area contributed by atoms with Crippen LogP contribution < -0.4 is 4.90 Å². The number of fused-ring (bicyclic) bond motifs is 5. The monoisotopic (exact) mass is 603 g/mol. The van der Waals surface area contributed by atoms with Gasteiger partial charge < -0.3 is 4.90 Å². The fourth-order valence-electron chi connectivity index (χ4n) is 6.93. The number of nitrogens with zero attached hydrogens (tertiary/aromatic N) is 1. The van der Waals surface area contributed by atoms with E-state index in [0.29, 0.717) is 0 Å². The van der Waals surface area contributed by atoms with Crippen LogP contribution in [-0.2, 0) is 0 Å². The standard InChI is InChI=1S/C44H29NS/c1-3-17-35-30(12-1)14-9-23-41(35)45(42-24-10-15-31-13-2-4-18-36(31)42)33-28-26-32(27-29-33)34-16-5-6-19-37(34)39-21-11-22-40-38-20-7-8-25-43(38)46-44(39)40/h1-29H. The van der Waals surface area contributed by atoms with E-state index in [4.69, 9.17) is 0 Å². The van der Waals surface area contributed by atoms with Crippen LogP contribution in [0.5, 0.6) is 0 Å². The predicted molar refractivity (Wildman–Crippen MR) is 200 cm³/mol. The number of hydrogen-bond acceptors (Lipinski definition) is 2. The molecule has 1 aromatic heterocycles. The van der Waals surface area contributed by atoms with Gasteiger partial charge in [0.15, 0.2) is 0 Å². The fraction of sp³-hybridized carbons (Fsp3) is 0. The molecule has 0 bridgehead atoms. The van der Waals surface area contributed by atoms with Crippen LogP contribution in [0.15, 0.2) is 176 Å². The van der Waals surface area contributed by atoms with Crippen LogP contribution in [0.3, 0.4) is 0 Å². The van der Waals surface area contributed by atoms with E-state index in [-0.39, 0.29) is 0 Å². The molecule has 9 rings (SSSR count). The summed E-state index contributed by atoms with van der Waals surface area (Å²) in [5.74, 6) is 0. The van der Waals surface area contributed by atoms with Crippen molar-refractivity contribution in [2.75, 3.05) is 4.90 Å². The van der Waals surface area contributed by atoms with E-state index < -0.39 is 0 Å². The zero-order chi connectivity index (χ0) is 30.5. The van der Waals surface area contributed by atoms with E-state index >= 15 is 0 Å². The highest BCUT2D eigenvalue weighted by Gasteiger charge is 2.19. The lowest BCUT2D eigenvalue weighted by molar-refractivity contribution is 1.31. The summed E-state index contributed by atoms with van der Waals surface area (Å²) >= 11 is 1.88. The van der Waals surface area contributed by atoms with Crippen molar-refractivity contribution in [1.82, 2.24) is 0 Å². The molecule has 9 aromatic rings. The van der Waals surface area contributed by atoms with Gasteiger partial charge in [0, 0.05) is 42.2 Å². The molecule has 0 saturated carbocycles. The molecule has 0 N–H and O–H groups in total. The zero-order valence-electron chi connectivity index (χ0n) is 25.1. The maximum Gasteiger partial charge on any atom is 0.0540 e. The Bertz CT molecular complexity index is 2450. The molecule has 0 aliphatic rings. The maximum atomic E-state index is 2.41. The first-order valence-electron chi connectivity index (χ1n) is 15.7. The normalized spacial score (nSPS) is 11.5. The van der Waals surface area contributed by atoms with Crippen LogP contribution in [0.2, 0.25) is 0 Å². The van der Waals surface area contributed by atoms with Crippen LogP contribution in [0.25, 0.3) is 64.0 Å². The van der Waals surface area contributed by atoms with Crippen LogP contribution in [-0.4, -0.2) is 0 Å². The van der Waals surface area contributed by atoms with Gasteiger partial charge in [0.05, 0.1) is 11.4 Å². The van der Waals surface area contributed by atoms with E-state index in [1.54, 1.807) is 0 Å². The molecule has 1 nitrogen and oxygen atoms in total. The SMILES string of the molecule is c1ccc(-c2cccc3c2sc2ccccc23)c(-c2ccc(N(c3cccc4ccccc34)c3cccc4ccccc34)cc2)c1. The van der Waals surface area contributed by atoms with Crippen LogP contribution in [0.4, 0.5) is 17.1 Å². The van der Waals surface area contributed by atoms with Gasteiger partial charge in [0.1, 0.15) is 0 Å². The number of rotatable bonds is 5. The summed E-state index contributed by atoms with van der Waals surface area (Å²) in [6.07, 6.45) is 0. The van der Waals surface area contributed by atoms with Crippen molar-refractivity contribution in [2.24, 2.45) is 0 Å². The second-order valence-electron chi connectivity index (χ2n) is 11.7. The average Bonchev–Trinajstić information content (AvgIpc) is 3.51. The van der Waals surface area contributed by atoms with Crippen LogP contribution >= 0.6 is 11.3 Å². The van der Waals surface area contributed by atoms with Crippen LogP contribution in [0.1, 0.15) is 0 Å². The zero-order valence-corrected chi connectivity index (χ0v) is 25.9. The summed E-state index contributed by atoms with van der Waals surface area (Å²) in [6, 6.07) is 63.9. The van der Waals surface area contributed by atoms with Gasteiger partial charge >= 0.3 is 0 Å². The third-order valence-corrected chi connectivity index (χ3v) is 10.3. The summed E-state index contributed by atoms with van der Waals surface area (Å²) < 4.78 is 2.67. The van der Waals surface area contributed by atoms with Gasteiger partial charge in [-0.2, -0.15) is 0 Å². The van der Waals surface area contributed by atoms with E-state index in [1.807, 2.05) is 11.3 Å². The van der Waals surface area contributed by atoms with Crippen molar-refractivity contribution in [3.63, 3.8) is 0 Å². The molecular weight excluding hydrogens is 575 g/mol. The Kier molecular flexibility index (Phi) is 6.40. The number of hydrogen-bond donors (Lipinski definition) is 0. The summed E-state index contributed by atoms with van der Waals surface area (Å²) in [7, 11) is 0. The van der Waals surface area contributed by atoms with Crippen molar-refractivity contribution in [2.45, 2.75) is 0 Å². The van der Waals surface area contributed by atoms with E-state index in [0.717, 1.165) is 5.69 Å². The topological polar surface area (TPSA) is 3.24 Å². The molecular formula is C44H29NS. The van der Waals surface area contributed by atoms with Gasteiger partial charge in [-0.25, -0.2) is 0 Å². The third kappa shape index (κ3) is 4.38. The quantitative estimate of drug-likeness (QED) is 0.189. The first-order chi connectivity index (χ1) is 22.8. The van der Waals surface area contributed by atoms with Gasteiger partial charge in [-0.1, -0.05) is 146 Å². The maximum absolute atomic E-state index is 2.41. The second kappa shape index (κ2) is 11.0. The molecule has 46 heavy (non-hydrogen) atoms. The molecule has 216 valence electrons. The first kappa shape index (κ1) is 26.7. The molecule has 1 heterocycles. The molecule has 8 aromatic carbocycles. The second-order valence-corrected chi connectivity index (χ2v) is 12.8. The highest BCUT2D eigenvalue weighted by atomic mass is 32.1. The Morgan fingerprint density at radius 1 is 0.348 bits per heavy atom. The van der Waals surface area contributed by atoms with Crippen molar-refractivity contribution >= 4 is 70.1 Å². The summed E-state index contributed by atoms with van der Waals surface area (Å²) in [5, 5.41) is 7.56. The molecule has 2 heteroatoms. The Morgan fingerprint density at radius 3 is 1.54 bits per heavy atom. The minimum atomic E-state index is 1.13. The van der Waals surface area contributed by atoms with Gasteiger partial charge in [-0.15, -0.1) is 11.3 Å². The van der Waals surface area contributed by atoms with Gasteiger partial charge in [0.2, 0.25) is 0 Å². The Labute approximate surface area is 272 Å². The van der Waals surface area contributed by atoms with Crippen molar-refractivity contribution in [3.8, 4) is 22.3 Å². The van der Waals surface area contributed by atoms with Gasteiger partial charge in [-0.05, 0) is 57.8 Å². The van der Waals surface area contributed by atoms with E-state index in [9.17, 15) is 0 Å². The summed E-state index contributed by atoms with van der Waals surface area (Å²) in [5.41, 5.74) is 8.44. The van der Waals surface area contributed by atoms with Crippen molar-refractivity contribution < 1.29 is 0 Å². The average molecular weight is 604 g/mol. The number of benzene rings is 8. The molecule has 0 spiro atoms. The smallest absolute Gasteiger partial charge is 0.0540 e. The lowest BCUT2D eigenvalue weighted by Gasteiger charge is -2.28. The molecule has 0 amide bonds. The van der Waals surface area contributed by atoms with Gasteiger partial charge in [0.25, 0.3) is 0 Å². The number of thiophene rings is 1. The lowest BCUT2D eigenvalue weighted by atomic mass is 9.93. The summed E-state index contributed by atoms with van der Waals surface area (Å²) in [6.45, 7) is 0. The van der Waals surface area contributed by atoms with E-state index in [2.05, 4.69) is 181 Å². The molecule has 0 saturated heterocycles. The minimum Gasteiger partial charge on any atom is -0.309 e. The number of anilines is 3. The Balaban J connectivity index is 1.21. The fourth-order valence-corrected chi connectivity index (χ4v) is 8.16. The Morgan fingerprint density at radius 2 is 0.848 bits per heavy atom. The summed E-state index contributed by atoms with van der Waals surface area (Å²) in [4.78, 5) is 2.41. The first-order valence-corrected chi connectivity index (χ1v) is 16.5. The lowest BCUT2D eigenvalue weighted by Crippen LogP contribution is -2.11. The van der Waals surface area contributed by atoms with Crippen molar-refractivity contribution in [3.05, 3.63) is 176 Å². The molecule has 0 unspecified atom stereocenters. The van der Waals surface area contributed by atoms with E-state index in [1.165, 1.54) is 75.3 Å². The van der Waals surface area contributed by atoms with Crippen LogP contribution in [0, 0.1) is 0 Å². The molecule has 0 fully saturated rings. The highest BCUT2D eigenvalue weighted by molar-refractivity contribution is 7.26.